The van der Waals surface area contributed by atoms with Gasteiger partial charge in [-0.3, -0.25) is 9.67 Å². The molecule has 2 atom stereocenters. The van der Waals surface area contributed by atoms with Crippen LogP contribution in [0.2, 0.25) is 0 Å². The molecule has 1 aromatic carbocycles. The maximum absolute atomic E-state index is 9.74. The van der Waals surface area contributed by atoms with Crippen molar-refractivity contribution in [3.8, 4) is 0 Å². The Morgan fingerprint density at radius 2 is 1.93 bits per heavy atom. The minimum atomic E-state index is -0.00961. The molecule has 156 valence electrons. The summed E-state index contributed by atoms with van der Waals surface area (Å²) in [7, 11) is 6.04. The first-order chi connectivity index (χ1) is 13.0. The predicted molar refractivity (Wildman–Crippen MR) is 125 cm³/mol. The van der Waals surface area contributed by atoms with Crippen molar-refractivity contribution in [1.29, 1.82) is 0 Å². The lowest BCUT2D eigenvalue weighted by Crippen LogP contribution is -2.42. The van der Waals surface area contributed by atoms with E-state index in [2.05, 4.69) is 39.7 Å². The molecule has 0 spiro atoms. The molecule has 0 aliphatic rings. The number of aromatic nitrogens is 2. The fourth-order valence-corrected chi connectivity index (χ4v) is 2.94. The number of benzene rings is 1. The molecule has 8 heteroatoms. The lowest BCUT2D eigenvalue weighted by molar-refractivity contribution is 0.268. The molecule has 7 nitrogen and oxygen atoms in total. The van der Waals surface area contributed by atoms with E-state index in [0.29, 0.717) is 13.1 Å². The summed E-state index contributed by atoms with van der Waals surface area (Å²) in [6.45, 7) is 4.13. The summed E-state index contributed by atoms with van der Waals surface area (Å²) in [6, 6.07) is 10.2. The van der Waals surface area contributed by atoms with E-state index >= 15 is 0 Å². The molecule has 0 bridgehead atoms. The van der Waals surface area contributed by atoms with Gasteiger partial charge in [0, 0.05) is 37.8 Å². The SMILES string of the molecule is CCNC(=NCC(CO)c1ccccc1)NCC(c1cnn(C)c1)N(C)C.I. The van der Waals surface area contributed by atoms with Gasteiger partial charge in [-0.2, -0.15) is 5.10 Å². The highest BCUT2D eigenvalue weighted by molar-refractivity contribution is 14.0. The Labute approximate surface area is 185 Å². The van der Waals surface area contributed by atoms with Crippen LogP contribution in [0.1, 0.15) is 30.0 Å². The molecule has 1 heterocycles. The zero-order valence-electron chi connectivity index (χ0n) is 17.2. The first-order valence-electron chi connectivity index (χ1n) is 9.38. The van der Waals surface area contributed by atoms with E-state index in [0.717, 1.165) is 23.6 Å². The summed E-state index contributed by atoms with van der Waals surface area (Å²) in [4.78, 5) is 6.85. The summed E-state index contributed by atoms with van der Waals surface area (Å²) in [5.41, 5.74) is 2.25. The van der Waals surface area contributed by atoms with Crippen molar-refractivity contribution in [2.24, 2.45) is 12.0 Å². The molecule has 0 saturated heterocycles. The number of hydrogen-bond donors (Lipinski definition) is 3. The van der Waals surface area contributed by atoms with Gasteiger partial charge in [0.25, 0.3) is 0 Å². The fraction of sp³-hybridized carbons (Fsp3) is 0.500. The Hall–Kier alpha value is -1.65. The number of likely N-dealkylation sites (N-methyl/N-ethyl adjacent to an activating group) is 1. The molecule has 0 amide bonds. The number of aliphatic imine (C=N–C) groups is 1. The molecule has 2 rings (SSSR count). The molecule has 2 aromatic rings. The van der Waals surface area contributed by atoms with Gasteiger partial charge in [0.2, 0.25) is 0 Å². The van der Waals surface area contributed by atoms with Crippen molar-refractivity contribution in [2.45, 2.75) is 18.9 Å². The fourth-order valence-electron chi connectivity index (χ4n) is 2.94. The molecule has 0 radical (unpaired) electrons. The van der Waals surface area contributed by atoms with Crippen LogP contribution >= 0.6 is 24.0 Å². The molecule has 0 saturated carbocycles. The van der Waals surface area contributed by atoms with E-state index in [1.165, 1.54) is 0 Å². The third-order valence-electron chi connectivity index (χ3n) is 4.50. The Balaban J connectivity index is 0.00000392. The van der Waals surface area contributed by atoms with Gasteiger partial charge in [0.1, 0.15) is 0 Å². The average Bonchev–Trinajstić information content (AvgIpc) is 3.08. The Morgan fingerprint density at radius 3 is 2.46 bits per heavy atom. The highest BCUT2D eigenvalue weighted by atomic mass is 127. The van der Waals surface area contributed by atoms with Crippen LogP contribution in [-0.2, 0) is 7.05 Å². The molecule has 0 aliphatic carbocycles. The van der Waals surface area contributed by atoms with Crippen LogP contribution in [0, 0.1) is 0 Å². The number of hydrogen-bond acceptors (Lipinski definition) is 4. The zero-order valence-corrected chi connectivity index (χ0v) is 19.5. The smallest absolute Gasteiger partial charge is 0.191 e. The standard InChI is InChI=1S/C20H32N6O.HI/c1-5-21-20(22-11-18(15-27)16-9-7-6-8-10-16)23-13-19(25(2)3)17-12-24-26(4)14-17;/h6-10,12,14,18-19,27H,5,11,13,15H2,1-4H3,(H2,21,22,23);1H. The summed E-state index contributed by atoms with van der Waals surface area (Å²) in [6.07, 6.45) is 3.93. The topological polar surface area (TPSA) is 77.7 Å². The molecule has 3 N–H and O–H groups in total. The maximum atomic E-state index is 9.74. The van der Waals surface area contributed by atoms with E-state index < -0.39 is 0 Å². The maximum Gasteiger partial charge on any atom is 0.191 e. The summed E-state index contributed by atoms with van der Waals surface area (Å²) in [5.74, 6) is 0.743. The third-order valence-corrected chi connectivity index (χ3v) is 4.50. The number of halogens is 1. The lowest BCUT2D eigenvalue weighted by Gasteiger charge is -2.25. The first-order valence-corrected chi connectivity index (χ1v) is 9.38. The first kappa shape index (κ1) is 24.4. The molecular weight excluding hydrogens is 467 g/mol. The van der Waals surface area contributed by atoms with Gasteiger partial charge in [-0.05, 0) is 26.6 Å². The van der Waals surface area contributed by atoms with E-state index in [1.807, 2.05) is 61.4 Å². The van der Waals surface area contributed by atoms with Crippen LogP contribution in [0.15, 0.2) is 47.7 Å². The van der Waals surface area contributed by atoms with Crippen LogP contribution in [0.25, 0.3) is 0 Å². The number of guanidine groups is 1. The van der Waals surface area contributed by atoms with Gasteiger partial charge < -0.3 is 20.6 Å². The van der Waals surface area contributed by atoms with Crippen molar-refractivity contribution in [1.82, 2.24) is 25.3 Å². The number of aliphatic hydroxyl groups excluding tert-OH is 1. The molecular formula is C20H33IN6O. The van der Waals surface area contributed by atoms with Gasteiger partial charge in [0.15, 0.2) is 5.96 Å². The van der Waals surface area contributed by atoms with Gasteiger partial charge in [-0.25, -0.2) is 0 Å². The second-order valence-corrected chi connectivity index (χ2v) is 6.82. The minimum Gasteiger partial charge on any atom is -0.396 e. The number of rotatable bonds is 9. The lowest BCUT2D eigenvalue weighted by atomic mass is 10.0. The van der Waals surface area contributed by atoms with E-state index in [1.54, 1.807) is 0 Å². The highest BCUT2D eigenvalue weighted by Crippen LogP contribution is 2.17. The van der Waals surface area contributed by atoms with Crippen LogP contribution < -0.4 is 10.6 Å². The van der Waals surface area contributed by atoms with Crippen LogP contribution in [0.5, 0.6) is 0 Å². The Morgan fingerprint density at radius 1 is 1.21 bits per heavy atom. The monoisotopic (exact) mass is 500 g/mol. The number of aryl methyl sites for hydroxylation is 1. The number of nitrogens with zero attached hydrogens (tertiary/aromatic N) is 4. The number of nitrogens with one attached hydrogen (secondary N) is 2. The van der Waals surface area contributed by atoms with Crippen molar-refractivity contribution in [2.75, 3.05) is 40.3 Å². The quantitative estimate of drug-likeness (QED) is 0.279. The van der Waals surface area contributed by atoms with Crippen LogP contribution in [-0.4, -0.2) is 66.1 Å². The molecule has 0 fully saturated rings. The molecule has 28 heavy (non-hydrogen) atoms. The van der Waals surface area contributed by atoms with Gasteiger partial charge in [0.05, 0.1) is 25.4 Å². The van der Waals surface area contributed by atoms with E-state index in [9.17, 15) is 5.11 Å². The molecule has 2 unspecified atom stereocenters. The molecule has 1 aromatic heterocycles. The van der Waals surface area contributed by atoms with Crippen LogP contribution in [0.3, 0.4) is 0 Å². The van der Waals surface area contributed by atoms with Crippen molar-refractivity contribution >= 4 is 29.9 Å². The van der Waals surface area contributed by atoms with Crippen molar-refractivity contribution in [3.05, 3.63) is 53.9 Å². The largest absolute Gasteiger partial charge is 0.396 e. The zero-order chi connectivity index (χ0) is 19.6. The van der Waals surface area contributed by atoms with Gasteiger partial charge in [-0.15, -0.1) is 24.0 Å². The average molecular weight is 500 g/mol. The second kappa shape index (κ2) is 12.7. The van der Waals surface area contributed by atoms with Crippen molar-refractivity contribution < 1.29 is 5.11 Å². The van der Waals surface area contributed by atoms with Crippen molar-refractivity contribution in [3.63, 3.8) is 0 Å². The number of aliphatic hydroxyl groups is 1. The predicted octanol–water partition coefficient (Wildman–Crippen LogP) is 1.97. The van der Waals surface area contributed by atoms with Gasteiger partial charge >= 0.3 is 0 Å². The summed E-state index contributed by atoms with van der Waals surface area (Å²) in [5, 5.41) is 20.7. The van der Waals surface area contributed by atoms with E-state index in [4.69, 9.17) is 0 Å². The Kier molecular flexibility index (Phi) is 11.1. The minimum absolute atomic E-state index is 0. The summed E-state index contributed by atoms with van der Waals surface area (Å²) < 4.78 is 1.82. The second-order valence-electron chi connectivity index (χ2n) is 6.82. The van der Waals surface area contributed by atoms with Gasteiger partial charge in [-0.1, -0.05) is 30.3 Å². The highest BCUT2D eigenvalue weighted by Gasteiger charge is 2.16. The summed E-state index contributed by atoms with van der Waals surface area (Å²) >= 11 is 0. The van der Waals surface area contributed by atoms with E-state index in [-0.39, 0.29) is 42.5 Å². The molecule has 0 aliphatic heterocycles. The normalized spacial score (nSPS) is 13.7. The Bertz CT molecular complexity index is 704. The van der Waals surface area contributed by atoms with Crippen LogP contribution in [0.4, 0.5) is 0 Å². The third kappa shape index (κ3) is 7.40.